The summed E-state index contributed by atoms with van der Waals surface area (Å²) in [6, 6.07) is 15.0. The predicted octanol–water partition coefficient (Wildman–Crippen LogP) is 4.89. The second-order valence-electron chi connectivity index (χ2n) is 5.59. The maximum atomic E-state index is 12.0. The van der Waals surface area contributed by atoms with Crippen LogP contribution in [0, 0.1) is 6.92 Å². The number of carbonyl (C=O) groups is 1. The Kier molecular flexibility index (Phi) is 6.41. The summed E-state index contributed by atoms with van der Waals surface area (Å²) in [6.45, 7) is 4.07. The van der Waals surface area contributed by atoms with E-state index in [4.69, 9.17) is 9.47 Å². The summed E-state index contributed by atoms with van der Waals surface area (Å²) in [5.74, 6) is 0.403. The second-order valence-corrected chi connectivity index (χ2v) is 5.59. The van der Waals surface area contributed by atoms with Gasteiger partial charge in [-0.3, -0.25) is 4.98 Å². The van der Waals surface area contributed by atoms with Crippen molar-refractivity contribution in [3.8, 4) is 5.75 Å². The number of hydrogen-bond acceptors (Lipinski definition) is 5. The van der Waals surface area contributed by atoms with Gasteiger partial charge in [-0.05, 0) is 50.2 Å². The normalized spacial score (nSPS) is 10.1. The Morgan fingerprint density at radius 3 is 2.62 bits per heavy atom. The molecule has 0 radical (unpaired) electrons. The van der Waals surface area contributed by atoms with Gasteiger partial charge in [-0.1, -0.05) is 12.1 Å². The van der Waals surface area contributed by atoms with Crippen molar-refractivity contribution in [2.75, 3.05) is 19.0 Å². The number of fused-ring (bicyclic) bond motifs is 1. The number of aryl methyl sites for hydroxylation is 1. The molecule has 1 heterocycles. The van der Waals surface area contributed by atoms with Gasteiger partial charge in [-0.15, -0.1) is 12.4 Å². The molecule has 0 amide bonds. The SMILES string of the molecule is CCOC(=O)c1ccc2nc(C)cc(Nc3ccccc3OC)c2c1.Cl. The number of pyridine rings is 1. The number of carbonyl (C=O) groups excluding carboxylic acids is 1. The number of nitrogens with one attached hydrogen (secondary N) is 1. The van der Waals surface area contributed by atoms with Gasteiger partial charge in [0.25, 0.3) is 0 Å². The smallest absolute Gasteiger partial charge is 0.338 e. The molecule has 0 fully saturated rings. The molecule has 136 valence electrons. The lowest BCUT2D eigenvalue weighted by Crippen LogP contribution is -2.05. The van der Waals surface area contributed by atoms with Gasteiger partial charge in [0.1, 0.15) is 5.75 Å². The van der Waals surface area contributed by atoms with E-state index in [0.29, 0.717) is 12.2 Å². The molecule has 26 heavy (non-hydrogen) atoms. The monoisotopic (exact) mass is 372 g/mol. The Morgan fingerprint density at radius 1 is 1.12 bits per heavy atom. The zero-order chi connectivity index (χ0) is 17.8. The fourth-order valence-corrected chi connectivity index (χ4v) is 2.70. The van der Waals surface area contributed by atoms with E-state index in [9.17, 15) is 4.79 Å². The third-order valence-electron chi connectivity index (χ3n) is 3.82. The van der Waals surface area contributed by atoms with Crippen LogP contribution in [-0.4, -0.2) is 24.7 Å². The molecule has 3 aromatic rings. The molecule has 0 bridgehead atoms. The van der Waals surface area contributed by atoms with Gasteiger partial charge in [-0.2, -0.15) is 0 Å². The number of esters is 1. The molecular formula is C20H21ClN2O3. The van der Waals surface area contributed by atoms with E-state index in [1.165, 1.54) is 0 Å². The van der Waals surface area contributed by atoms with Gasteiger partial charge in [-0.25, -0.2) is 4.79 Å². The number of rotatable bonds is 5. The molecule has 0 saturated carbocycles. The van der Waals surface area contributed by atoms with Crippen molar-refractivity contribution in [1.29, 1.82) is 0 Å². The lowest BCUT2D eigenvalue weighted by atomic mass is 10.1. The summed E-state index contributed by atoms with van der Waals surface area (Å²) in [4.78, 5) is 16.6. The number of methoxy groups -OCH3 is 1. The molecule has 2 aromatic carbocycles. The lowest BCUT2D eigenvalue weighted by molar-refractivity contribution is 0.0526. The Hall–Kier alpha value is -2.79. The molecule has 0 unspecified atom stereocenters. The standard InChI is InChI=1S/C20H20N2O3.ClH/c1-4-25-20(23)14-9-10-16-15(12-14)18(11-13(2)21-16)22-17-7-5-6-8-19(17)24-3;/h5-12H,4H2,1-3H3,(H,21,22);1H. The average Bonchev–Trinajstić information content (AvgIpc) is 2.62. The van der Waals surface area contributed by atoms with Crippen molar-refractivity contribution in [1.82, 2.24) is 4.98 Å². The van der Waals surface area contributed by atoms with Crippen molar-refractivity contribution in [2.45, 2.75) is 13.8 Å². The molecule has 0 aliphatic carbocycles. The third kappa shape index (κ3) is 4.06. The second kappa shape index (κ2) is 8.54. The summed E-state index contributed by atoms with van der Waals surface area (Å²) >= 11 is 0. The number of aromatic nitrogens is 1. The molecule has 1 aromatic heterocycles. The summed E-state index contributed by atoms with van der Waals surface area (Å²) in [6.07, 6.45) is 0. The molecule has 3 rings (SSSR count). The fraction of sp³-hybridized carbons (Fsp3) is 0.200. The molecule has 0 aliphatic rings. The molecular weight excluding hydrogens is 352 g/mol. The van der Waals surface area contributed by atoms with Crippen molar-refractivity contribution < 1.29 is 14.3 Å². The summed E-state index contributed by atoms with van der Waals surface area (Å²) in [7, 11) is 1.63. The maximum Gasteiger partial charge on any atom is 0.338 e. The summed E-state index contributed by atoms with van der Waals surface area (Å²) in [5.41, 5.74) is 3.90. The van der Waals surface area contributed by atoms with E-state index < -0.39 is 0 Å². The lowest BCUT2D eigenvalue weighted by Gasteiger charge is -2.14. The number of anilines is 2. The molecule has 1 N–H and O–H groups in total. The van der Waals surface area contributed by atoms with Crippen LogP contribution in [0.25, 0.3) is 10.9 Å². The van der Waals surface area contributed by atoms with Crippen molar-refractivity contribution in [2.24, 2.45) is 0 Å². The fourth-order valence-electron chi connectivity index (χ4n) is 2.70. The average molecular weight is 373 g/mol. The molecule has 5 nitrogen and oxygen atoms in total. The van der Waals surface area contributed by atoms with Crippen LogP contribution >= 0.6 is 12.4 Å². The molecule has 0 spiro atoms. The Morgan fingerprint density at radius 2 is 1.88 bits per heavy atom. The van der Waals surface area contributed by atoms with Gasteiger partial charge in [0, 0.05) is 16.8 Å². The topological polar surface area (TPSA) is 60.5 Å². The predicted molar refractivity (Wildman–Crippen MR) is 106 cm³/mol. The minimum atomic E-state index is -0.340. The number of hydrogen-bond donors (Lipinski definition) is 1. The third-order valence-corrected chi connectivity index (χ3v) is 3.82. The molecule has 0 saturated heterocycles. The van der Waals surface area contributed by atoms with E-state index >= 15 is 0 Å². The minimum Gasteiger partial charge on any atom is -0.495 e. The number of benzene rings is 2. The van der Waals surface area contributed by atoms with Crippen LogP contribution < -0.4 is 10.1 Å². The van der Waals surface area contributed by atoms with Crippen LogP contribution in [-0.2, 0) is 4.74 Å². The Balaban J connectivity index is 0.00000243. The van der Waals surface area contributed by atoms with E-state index in [1.807, 2.05) is 43.3 Å². The highest BCUT2D eigenvalue weighted by Gasteiger charge is 2.12. The van der Waals surface area contributed by atoms with Crippen molar-refractivity contribution in [3.05, 3.63) is 59.8 Å². The quantitative estimate of drug-likeness (QED) is 0.646. The van der Waals surface area contributed by atoms with E-state index in [-0.39, 0.29) is 18.4 Å². The number of halogens is 1. The van der Waals surface area contributed by atoms with Crippen molar-refractivity contribution >= 4 is 40.7 Å². The van der Waals surface area contributed by atoms with Crippen LogP contribution in [0.4, 0.5) is 11.4 Å². The van der Waals surface area contributed by atoms with Gasteiger partial charge in [0.05, 0.1) is 30.5 Å². The zero-order valence-electron chi connectivity index (χ0n) is 14.9. The molecule has 0 aliphatic heterocycles. The van der Waals surface area contributed by atoms with Gasteiger partial charge < -0.3 is 14.8 Å². The Bertz CT molecular complexity index is 928. The van der Waals surface area contributed by atoms with E-state index in [2.05, 4.69) is 10.3 Å². The van der Waals surface area contributed by atoms with Crippen LogP contribution in [0.2, 0.25) is 0 Å². The maximum absolute atomic E-state index is 12.0. The highest BCUT2D eigenvalue weighted by atomic mass is 35.5. The zero-order valence-corrected chi connectivity index (χ0v) is 15.7. The van der Waals surface area contributed by atoms with E-state index in [0.717, 1.165) is 33.7 Å². The first-order valence-corrected chi connectivity index (χ1v) is 8.11. The van der Waals surface area contributed by atoms with E-state index in [1.54, 1.807) is 26.2 Å². The van der Waals surface area contributed by atoms with Crippen LogP contribution in [0.3, 0.4) is 0 Å². The first kappa shape index (κ1) is 19.5. The van der Waals surface area contributed by atoms with Crippen LogP contribution in [0.15, 0.2) is 48.5 Å². The Labute approximate surface area is 158 Å². The number of para-hydroxylation sites is 2. The molecule has 6 heteroatoms. The summed E-state index contributed by atoms with van der Waals surface area (Å²) in [5, 5.41) is 4.24. The van der Waals surface area contributed by atoms with Crippen molar-refractivity contribution in [3.63, 3.8) is 0 Å². The first-order chi connectivity index (χ1) is 12.1. The highest BCUT2D eigenvalue weighted by Crippen LogP contribution is 2.31. The largest absolute Gasteiger partial charge is 0.495 e. The van der Waals surface area contributed by atoms with Gasteiger partial charge >= 0.3 is 5.97 Å². The number of ether oxygens (including phenoxy) is 2. The van der Waals surface area contributed by atoms with Crippen LogP contribution in [0.1, 0.15) is 23.0 Å². The van der Waals surface area contributed by atoms with Gasteiger partial charge in [0.2, 0.25) is 0 Å². The van der Waals surface area contributed by atoms with Gasteiger partial charge in [0.15, 0.2) is 0 Å². The van der Waals surface area contributed by atoms with Crippen LogP contribution in [0.5, 0.6) is 5.75 Å². The number of nitrogens with zero attached hydrogens (tertiary/aromatic N) is 1. The summed E-state index contributed by atoms with van der Waals surface area (Å²) < 4.78 is 10.5. The minimum absolute atomic E-state index is 0. The molecule has 0 atom stereocenters. The first-order valence-electron chi connectivity index (χ1n) is 8.11. The highest BCUT2D eigenvalue weighted by molar-refractivity contribution is 6.00.